The summed E-state index contributed by atoms with van der Waals surface area (Å²) in [7, 11) is 0. The van der Waals surface area contributed by atoms with Gasteiger partial charge >= 0.3 is 5.97 Å². The SMILES string of the molecule is CCOC(=O)/C(C(N)=S)=C1/NN=C([C@H](O)c2ccccc2)O1. The molecule has 2 rings (SSSR count). The molecule has 0 fully saturated rings. The molecule has 0 aliphatic carbocycles. The zero-order valence-electron chi connectivity index (χ0n) is 11.8. The van der Waals surface area contributed by atoms with Gasteiger partial charge in [0.2, 0.25) is 11.8 Å². The topological polar surface area (TPSA) is 106 Å². The summed E-state index contributed by atoms with van der Waals surface area (Å²) < 4.78 is 10.2. The van der Waals surface area contributed by atoms with E-state index >= 15 is 0 Å². The Bertz CT molecular complexity index is 643. The molecule has 1 aliphatic heterocycles. The molecule has 0 amide bonds. The van der Waals surface area contributed by atoms with Gasteiger partial charge in [-0.05, 0) is 12.5 Å². The van der Waals surface area contributed by atoms with Crippen LogP contribution >= 0.6 is 12.2 Å². The summed E-state index contributed by atoms with van der Waals surface area (Å²) >= 11 is 4.83. The largest absolute Gasteiger partial charge is 0.462 e. The summed E-state index contributed by atoms with van der Waals surface area (Å²) in [6, 6.07) is 8.81. The van der Waals surface area contributed by atoms with Crippen LogP contribution in [0.15, 0.2) is 46.9 Å². The molecular formula is C14H15N3O4S. The smallest absolute Gasteiger partial charge is 0.346 e. The Morgan fingerprint density at radius 2 is 2.18 bits per heavy atom. The van der Waals surface area contributed by atoms with Crippen molar-refractivity contribution < 1.29 is 19.4 Å². The van der Waals surface area contributed by atoms with Gasteiger partial charge in [-0.2, -0.15) is 0 Å². The summed E-state index contributed by atoms with van der Waals surface area (Å²) in [5.74, 6) is -0.793. The highest BCUT2D eigenvalue weighted by atomic mass is 32.1. The third-order valence-corrected chi connectivity index (χ3v) is 2.98. The molecular weight excluding hydrogens is 306 g/mol. The number of esters is 1. The highest BCUT2D eigenvalue weighted by Crippen LogP contribution is 2.21. The molecule has 1 atom stereocenters. The number of nitrogens with zero attached hydrogens (tertiary/aromatic N) is 1. The maximum absolute atomic E-state index is 11.8. The van der Waals surface area contributed by atoms with Gasteiger partial charge in [0, 0.05) is 0 Å². The first-order valence-electron chi connectivity index (χ1n) is 6.50. The average Bonchev–Trinajstić information content (AvgIpc) is 2.97. The second-order valence-corrected chi connectivity index (χ2v) is 4.71. The van der Waals surface area contributed by atoms with Crippen molar-refractivity contribution >= 4 is 29.1 Å². The van der Waals surface area contributed by atoms with Gasteiger partial charge in [-0.25, -0.2) is 10.2 Å². The van der Waals surface area contributed by atoms with Gasteiger partial charge in [-0.3, -0.25) is 0 Å². The van der Waals surface area contributed by atoms with Crippen LogP contribution < -0.4 is 11.2 Å². The third kappa shape index (κ3) is 3.41. The standard InChI is InChI=1S/C14H15N3O4S/c1-2-20-14(19)9(11(15)22)12-16-17-13(21-12)10(18)8-6-4-3-5-7-8/h3-7,10,16,18H,2H2,1H3,(H2,15,22)/b12-9-/t10-/m1/s1. The van der Waals surface area contributed by atoms with E-state index in [0.29, 0.717) is 5.56 Å². The molecule has 1 aliphatic rings. The van der Waals surface area contributed by atoms with Crippen LogP contribution in [0.3, 0.4) is 0 Å². The maximum Gasteiger partial charge on any atom is 0.346 e. The van der Waals surface area contributed by atoms with Crippen molar-refractivity contribution in [2.45, 2.75) is 13.0 Å². The van der Waals surface area contributed by atoms with Crippen molar-refractivity contribution in [1.82, 2.24) is 5.43 Å². The third-order valence-electron chi connectivity index (χ3n) is 2.78. The molecule has 0 bridgehead atoms. The fourth-order valence-corrected chi connectivity index (χ4v) is 1.94. The zero-order valence-corrected chi connectivity index (χ0v) is 12.6. The second-order valence-electron chi connectivity index (χ2n) is 4.27. The van der Waals surface area contributed by atoms with Crippen LogP contribution in [0, 0.1) is 0 Å². The number of aliphatic hydroxyl groups excluding tert-OH is 1. The summed E-state index contributed by atoms with van der Waals surface area (Å²) in [5.41, 5.74) is 8.48. The minimum Gasteiger partial charge on any atom is -0.462 e. The summed E-state index contributed by atoms with van der Waals surface area (Å²) in [6.07, 6.45) is -1.08. The van der Waals surface area contributed by atoms with Gasteiger partial charge in [0.05, 0.1) is 6.61 Å². The van der Waals surface area contributed by atoms with Crippen LogP contribution in [0.25, 0.3) is 0 Å². The van der Waals surface area contributed by atoms with Crippen molar-refractivity contribution in [1.29, 1.82) is 0 Å². The predicted octanol–water partition coefficient (Wildman–Crippen LogP) is 0.714. The van der Waals surface area contributed by atoms with E-state index in [1.807, 2.05) is 6.07 Å². The number of ether oxygens (including phenoxy) is 2. The molecule has 0 spiro atoms. The lowest BCUT2D eigenvalue weighted by Crippen LogP contribution is -2.26. The number of hydrazone groups is 1. The van der Waals surface area contributed by atoms with Crippen LogP contribution in [0.2, 0.25) is 0 Å². The summed E-state index contributed by atoms with van der Waals surface area (Å²) in [5, 5.41) is 14.1. The number of carbonyl (C=O) groups excluding carboxylic acids is 1. The normalized spacial score (nSPS) is 16.9. The molecule has 0 saturated heterocycles. The van der Waals surface area contributed by atoms with Crippen LogP contribution in [0.5, 0.6) is 0 Å². The Balaban J connectivity index is 2.20. The average molecular weight is 321 g/mol. The Morgan fingerprint density at radius 3 is 2.77 bits per heavy atom. The minimum atomic E-state index is -1.08. The van der Waals surface area contributed by atoms with E-state index in [4.69, 9.17) is 27.4 Å². The molecule has 8 heteroatoms. The van der Waals surface area contributed by atoms with Crippen LogP contribution in [0.4, 0.5) is 0 Å². The number of hydrogen-bond acceptors (Lipinski definition) is 7. The molecule has 1 aromatic carbocycles. The molecule has 0 saturated carbocycles. The zero-order chi connectivity index (χ0) is 16.1. The molecule has 1 aromatic rings. The number of thiocarbonyl (C=S) groups is 1. The molecule has 0 unspecified atom stereocenters. The van der Waals surface area contributed by atoms with Gasteiger partial charge in [-0.1, -0.05) is 42.5 Å². The molecule has 4 N–H and O–H groups in total. The number of aliphatic hydroxyl groups is 1. The lowest BCUT2D eigenvalue weighted by Gasteiger charge is -2.11. The van der Waals surface area contributed by atoms with Crippen molar-refractivity contribution in [3.63, 3.8) is 0 Å². The van der Waals surface area contributed by atoms with Crippen LogP contribution in [0.1, 0.15) is 18.6 Å². The summed E-state index contributed by atoms with van der Waals surface area (Å²) in [4.78, 5) is 11.6. The van der Waals surface area contributed by atoms with E-state index in [0.717, 1.165) is 0 Å². The number of benzene rings is 1. The lowest BCUT2D eigenvalue weighted by molar-refractivity contribution is -0.138. The molecule has 0 aromatic heterocycles. The Hall–Kier alpha value is -2.45. The second kappa shape index (κ2) is 7.01. The number of nitrogens with one attached hydrogen (secondary N) is 1. The van der Waals surface area contributed by atoms with E-state index in [-0.39, 0.29) is 28.9 Å². The highest BCUT2D eigenvalue weighted by molar-refractivity contribution is 7.80. The first kappa shape index (κ1) is 15.9. The molecule has 116 valence electrons. The Kier molecular flexibility index (Phi) is 5.08. The number of carbonyl (C=O) groups is 1. The predicted molar refractivity (Wildman–Crippen MR) is 83.5 cm³/mol. The number of nitrogens with two attached hydrogens (primary N) is 1. The van der Waals surface area contributed by atoms with E-state index in [9.17, 15) is 9.90 Å². The van der Waals surface area contributed by atoms with E-state index in [1.54, 1.807) is 31.2 Å². The van der Waals surface area contributed by atoms with Crippen molar-refractivity contribution in [3.8, 4) is 0 Å². The monoisotopic (exact) mass is 321 g/mol. The van der Waals surface area contributed by atoms with Crippen molar-refractivity contribution in [3.05, 3.63) is 47.4 Å². The van der Waals surface area contributed by atoms with E-state index in [1.165, 1.54) is 0 Å². The Labute approximate surface area is 132 Å². The first-order chi connectivity index (χ1) is 10.5. The van der Waals surface area contributed by atoms with Gasteiger partial charge < -0.3 is 20.3 Å². The maximum atomic E-state index is 11.8. The van der Waals surface area contributed by atoms with Gasteiger partial charge in [-0.15, -0.1) is 5.10 Å². The Morgan fingerprint density at radius 1 is 1.50 bits per heavy atom. The van der Waals surface area contributed by atoms with Crippen molar-refractivity contribution in [2.75, 3.05) is 6.61 Å². The fourth-order valence-electron chi connectivity index (χ4n) is 1.77. The molecule has 22 heavy (non-hydrogen) atoms. The van der Waals surface area contributed by atoms with Crippen molar-refractivity contribution in [2.24, 2.45) is 10.8 Å². The quantitative estimate of drug-likeness (QED) is 0.417. The van der Waals surface area contributed by atoms with Gasteiger partial charge in [0.1, 0.15) is 4.99 Å². The van der Waals surface area contributed by atoms with Crippen LogP contribution in [-0.2, 0) is 14.3 Å². The lowest BCUT2D eigenvalue weighted by atomic mass is 10.1. The van der Waals surface area contributed by atoms with Crippen LogP contribution in [-0.4, -0.2) is 28.6 Å². The fraction of sp³-hybridized carbons (Fsp3) is 0.214. The molecule has 7 nitrogen and oxygen atoms in total. The number of rotatable bonds is 5. The molecule has 0 radical (unpaired) electrons. The molecule has 1 heterocycles. The van der Waals surface area contributed by atoms with E-state index in [2.05, 4.69) is 10.5 Å². The minimum absolute atomic E-state index is 0.0146. The summed E-state index contributed by atoms with van der Waals surface area (Å²) in [6.45, 7) is 1.82. The van der Waals surface area contributed by atoms with Gasteiger partial charge in [0.15, 0.2) is 11.7 Å². The first-order valence-corrected chi connectivity index (χ1v) is 6.91. The van der Waals surface area contributed by atoms with Gasteiger partial charge in [0.25, 0.3) is 0 Å². The van der Waals surface area contributed by atoms with E-state index < -0.39 is 12.1 Å². The number of hydrogen-bond donors (Lipinski definition) is 3. The highest BCUT2D eigenvalue weighted by Gasteiger charge is 2.29.